The molecule has 0 atom stereocenters. The van der Waals surface area contributed by atoms with Crippen LogP contribution < -0.4 is 10.9 Å². The molecule has 19 heavy (non-hydrogen) atoms. The van der Waals surface area contributed by atoms with Crippen LogP contribution in [-0.4, -0.2) is 13.4 Å². The molecule has 0 unspecified atom stereocenters. The van der Waals surface area contributed by atoms with E-state index >= 15 is 0 Å². The van der Waals surface area contributed by atoms with Crippen LogP contribution in [0.4, 0.5) is 22.0 Å². The average Bonchev–Trinajstić information content (AvgIpc) is 2.24. The van der Waals surface area contributed by atoms with Crippen molar-refractivity contribution >= 4 is 10.0 Å². The first kappa shape index (κ1) is 15.7. The van der Waals surface area contributed by atoms with Gasteiger partial charge >= 0.3 is 6.18 Å². The van der Waals surface area contributed by atoms with Crippen LogP contribution in [0.1, 0.15) is 23.2 Å². The minimum atomic E-state index is -5.16. The predicted octanol–water partition coefficient (Wildman–Crippen LogP) is 1.14. The van der Waals surface area contributed by atoms with Gasteiger partial charge in [-0.15, -0.1) is 0 Å². The van der Waals surface area contributed by atoms with Crippen molar-refractivity contribution in [2.24, 2.45) is 10.9 Å². The molecule has 0 bridgehead atoms. The molecular weight excluding hydrogens is 297 g/mol. The first-order chi connectivity index (χ1) is 8.50. The number of aromatic nitrogens is 1. The summed E-state index contributed by atoms with van der Waals surface area (Å²) in [6.07, 6.45) is -8.48. The maximum atomic E-state index is 12.7. The summed E-state index contributed by atoms with van der Waals surface area (Å²) in [5.74, 6) is 0. The molecule has 11 heteroatoms. The number of hydrogen-bond acceptors (Lipinski definition) is 4. The monoisotopic (exact) mass is 305 g/mol. The van der Waals surface area contributed by atoms with Crippen molar-refractivity contribution in [3.05, 3.63) is 23.0 Å². The second-order valence-corrected chi connectivity index (χ2v) is 4.94. The number of nitrogens with two attached hydrogens (primary N) is 2. The van der Waals surface area contributed by atoms with Crippen molar-refractivity contribution in [3.8, 4) is 0 Å². The van der Waals surface area contributed by atoms with Crippen molar-refractivity contribution in [1.29, 1.82) is 0 Å². The summed E-state index contributed by atoms with van der Waals surface area (Å²) in [4.78, 5) is 1.78. The van der Waals surface area contributed by atoms with Gasteiger partial charge in [0.05, 0.1) is 5.56 Å². The maximum Gasteiger partial charge on any atom is 0.433 e. The third-order valence-electron chi connectivity index (χ3n) is 2.19. The van der Waals surface area contributed by atoms with E-state index in [4.69, 9.17) is 10.9 Å². The predicted molar refractivity (Wildman–Crippen MR) is 53.5 cm³/mol. The Labute approximate surface area is 104 Å². The number of hydrogen-bond donors (Lipinski definition) is 2. The number of alkyl halides is 5. The molecule has 0 saturated heterocycles. The van der Waals surface area contributed by atoms with Gasteiger partial charge in [0, 0.05) is 12.7 Å². The molecule has 0 fully saturated rings. The van der Waals surface area contributed by atoms with Gasteiger partial charge in [-0.1, -0.05) is 0 Å². The fraction of sp³-hybridized carbons (Fsp3) is 0.375. The quantitative estimate of drug-likeness (QED) is 0.818. The van der Waals surface area contributed by atoms with Gasteiger partial charge in [-0.05, 0) is 5.56 Å². The van der Waals surface area contributed by atoms with Crippen LogP contribution in [0.25, 0.3) is 0 Å². The van der Waals surface area contributed by atoms with Crippen molar-refractivity contribution < 1.29 is 30.4 Å². The number of sulfonamides is 1. The van der Waals surface area contributed by atoms with Crippen molar-refractivity contribution in [3.63, 3.8) is 0 Å². The van der Waals surface area contributed by atoms with E-state index in [0.717, 1.165) is 0 Å². The van der Waals surface area contributed by atoms with Crippen molar-refractivity contribution in [2.45, 2.75) is 24.0 Å². The summed E-state index contributed by atoms with van der Waals surface area (Å²) in [6.45, 7) is -0.850. The number of pyridine rings is 1. The highest BCUT2D eigenvalue weighted by Crippen LogP contribution is 2.38. The molecule has 108 valence electrons. The van der Waals surface area contributed by atoms with Gasteiger partial charge in [-0.2, -0.15) is 13.2 Å². The largest absolute Gasteiger partial charge is 0.433 e. The van der Waals surface area contributed by atoms with E-state index in [1.54, 1.807) is 0 Å². The lowest BCUT2D eigenvalue weighted by Crippen LogP contribution is -2.22. The van der Waals surface area contributed by atoms with Gasteiger partial charge in [0.15, 0.2) is 5.69 Å². The van der Waals surface area contributed by atoms with E-state index in [9.17, 15) is 30.4 Å². The van der Waals surface area contributed by atoms with Gasteiger partial charge in [-0.25, -0.2) is 27.3 Å². The summed E-state index contributed by atoms with van der Waals surface area (Å²) >= 11 is 0. The lowest BCUT2D eigenvalue weighted by atomic mass is 10.1. The third kappa shape index (κ3) is 3.16. The molecule has 5 nitrogen and oxygen atoms in total. The van der Waals surface area contributed by atoms with Gasteiger partial charge in [0.25, 0.3) is 6.43 Å². The summed E-state index contributed by atoms with van der Waals surface area (Å²) in [5.41, 5.74) is 0.713. The Kier molecular flexibility index (Phi) is 4.12. The van der Waals surface area contributed by atoms with Crippen molar-refractivity contribution in [2.75, 3.05) is 0 Å². The molecule has 0 amide bonds. The SMILES string of the molecule is NCc1c(S(N)(=O)=O)cnc(C(F)(F)F)c1C(F)F. The van der Waals surface area contributed by atoms with Crippen LogP contribution in [0.3, 0.4) is 0 Å². The molecule has 1 aromatic heterocycles. The topological polar surface area (TPSA) is 99.1 Å². The number of primary sulfonamides is 1. The lowest BCUT2D eigenvalue weighted by molar-refractivity contribution is -0.143. The molecule has 1 heterocycles. The third-order valence-corrected chi connectivity index (χ3v) is 3.15. The number of rotatable bonds is 3. The highest BCUT2D eigenvalue weighted by Gasteiger charge is 2.40. The highest BCUT2D eigenvalue weighted by molar-refractivity contribution is 7.89. The molecule has 1 rings (SSSR count). The molecule has 4 N–H and O–H groups in total. The fourth-order valence-electron chi connectivity index (χ4n) is 1.46. The van der Waals surface area contributed by atoms with E-state index in [1.807, 2.05) is 0 Å². The van der Waals surface area contributed by atoms with Crippen LogP contribution in [0.15, 0.2) is 11.1 Å². The molecule has 0 spiro atoms. The van der Waals surface area contributed by atoms with E-state index in [1.165, 1.54) is 0 Å². The van der Waals surface area contributed by atoms with E-state index in [-0.39, 0.29) is 6.20 Å². The number of nitrogens with zero attached hydrogens (tertiary/aromatic N) is 1. The van der Waals surface area contributed by atoms with Crippen molar-refractivity contribution in [1.82, 2.24) is 4.98 Å². The van der Waals surface area contributed by atoms with Crippen LogP contribution in [-0.2, 0) is 22.7 Å². The lowest BCUT2D eigenvalue weighted by Gasteiger charge is -2.16. The van der Waals surface area contributed by atoms with Crippen LogP contribution in [0.2, 0.25) is 0 Å². The summed E-state index contributed by atoms with van der Waals surface area (Å²) in [7, 11) is -4.51. The Morgan fingerprint density at radius 2 is 1.84 bits per heavy atom. The summed E-state index contributed by atoms with van der Waals surface area (Å²) < 4.78 is 85.3. The smallest absolute Gasteiger partial charge is 0.326 e. The number of halogens is 5. The minimum Gasteiger partial charge on any atom is -0.326 e. The molecular formula is C8H8F5N3O2S. The average molecular weight is 305 g/mol. The van der Waals surface area contributed by atoms with Crippen LogP contribution >= 0.6 is 0 Å². The molecule has 0 saturated carbocycles. The maximum absolute atomic E-state index is 12.7. The fourth-order valence-corrected chi connectivity index (χ4v) is 2.20. The highest BCUT2D eigenvalue weighted by atomic mass is 32.2. The first-order valence-corrected chi connectivity index (χ1v) is 6.14. The Hall–Kier alpha value is -1.33. The van der Waals surface area contributed by atoms with Gasteiger partial charge in [0.1, 0.15) is 4.90 Å². The van der Waals surface area contributed by atoms with E-state index in [2.05, 4.69) is 4.98 Å². The Bertz CT molecular complexity index is 585. The second kappa shape index (κ2) is 4.98. The second-order valence-electron chi connectivity index (χ2n) is 3.41. The molecule has 0 aliphatic heterocycles. The van der Waals surface area contributed by atoms with Gasteiger partial charge in [0.2, 0.25) is 10.0 Å². The standard InChI is InChI=1S/C8H8F5N3O2S/c9-7(10)5-3(1-14)4(19(15,17)18)2-16-6(5)8(11,12)13/h2,7H,1,14H2,(H2,15,17,18). The Morgan fingerprint density at radius 3 is 2.16 bits per heavy atom. The van der Waals surface area contributed by atoms with E-state index < -0.39 is 50.9 Å². The van der Waals surface area contributed by atoms with Crippen LogP contribution in [0, 0.1) is 0 Å². The minimum absolute atomic E-state index is 0.270. The normalized spacial score (nSPS) is 13.1. The zero-order valence-corrected chi connectivity index (χ0v) is 9.89. The summed E-state index contributed by atoms with van der Waals surface area (Å²) in [5, 5.41) is 4.71. The zero-order valence-electron chi connectivity index (χ0n) is 9.08. The van der Waals surface area contributed by atoms with Crippen LogP contribution in [0.5, 0.6) is 0 Å². The summed E-state index contributed by atoms with van der Waals surface area (Å²) in [6, 6.07) is 0. The van der Waals surface area contributed by atoms with Gasteiger partial charge < -0.3 is 5.73 Å². The Morgan fingerprint density at radius 1 is 1.32 bits per heavy atom. The molecule has 1 aromatic rings. The molecule has 0 aromatic carbocycles. The Balaban J connectivity index is 3.77. The zero-order chi connectivity index (χ0) is 15.0. The van der Waals surface area contributed by atoms with Gasteiger partial charge in [-0.3, -0.25) is 0 Å². The molecule has 0 aliphatic carbocycles. The van der Waals surface area contributed by atoms with E-state index in [0.29, 0.717) is 0 Å². The first-order valence-electron chi connectivity index (χ1n) is 4.60. The molecule has 0 radical (unpaired) electrons. The molecule has 0 aliphatic rings.